The van der Waals surface area contributed by atoms with Crippen molar-refractivity contribution in [3.05, 3.63) is 48.3 Å². The molecule has 1 aliphatic rings. The summed E-state index contributed by atoms with van der Waals surface area (Å²) in [5, 5.41) is 9.39. The van der Waals surface area contributed by atoms with Crippen LogP contribution in [0.4, 0.5) is 0 Å². The number of ether oxygens (including phenoxy) is 2. The van der Waals surface area contributed by atoms with E-state index in [1.54, 1.807) is 12.4 Å². The largest absolute Gasteiger partial charge is 0.473 e. The summed E-state index contributed by atoms with van der Waals surface area (Å²) in [7, 11) is -2.16. The van der Waals surface area contributed by atoms with Gasteiger partial charge in [0.2, 0.25) is 5.88 Å². The van der Waals surface area contributed by atoms with Crippen LogP contribution in [-0.4, -0.2) is 67.1 Å². The first-order valence-corrected chi connectivity index (χ1v) is 12.2. The molecule has 12 heteroatoms. The molecule has 3 aromatic rings. The first-order chi connectivity index (χ1) is 16.2. The number of hydrogen-bond donors (Lipinski definition) is 1. The van der Waals surface area contributed by atoms with Gasteiger partial charge in [0.15, 0.2) is 5.52 Å². The molecule has 2 aromatic heterocycles. The molecule has 1 unspecified atom stereocenters. The molecule has 1 aliphatic heterocycles. The van der Waals surface area contributed by atoms with E-state index in [0.717, 1.165) is 11.1 Å². The van der Waals surface area contributed by atoms with Gasteiger partial charge in [-0.25, -0.2) is 14.7 Å². The van der Waals surface area contributed by atoms with Gasteiger partial charge in [0.25, 0.3) is 10.2 Å². The van der Waals surface area contributed by atoms with E-state index in [4.69, 9.17) is 9.47 Å². The molecule has 0 amide bonds. The molecule has 3 heterocycles. The van der Waals surface area contributed by atoms with Crippen LogP contribution in [0.15, 0.2) is 42.7 Å². The summed E-state index contributed by atoms with van der Waals surface area (Å²) >= 11 is 0. The zero-order chi connectivity index (χ0) is 24.3. The minimum atomic E-state index is -3.54. The maximum absolute atomic E-state index is 12.1. The SMILES string of the molecule is CNS(=O)(=O)N1CCOC(COc2nc(-c3ccc(C(C)(C)C#N)cc3)cc3nccnc23)C1.S. The van der Waals surface area contributed by atoms with Gasteiger partial charge in [-0.2, -0.15) is 31.5 Å². The Labute approximate surface area is 211 Å². The fraction of sp³-hybridized carbons (Fsp3) is 0.391. The summed E-state index contributed by atoms with van der Waals surface area (Å²) in [4.78, 5) is 13.4. The van der Waals surface area contributed by atoms with Crippen LogP contribution in [-0.2, 0) is 20.4 Å². The van der Waals surface area contributed by atoms with Gasteiger partial charge in [-0.1, -0.05) is 24.3 Å². The lowest BCUT2D eigenvalue weighted by Crippen LogP contribution is -2.50. The zero-order valence-electron chi connectivity index (χ0n) is 19.7. The lowest BCUT2D eigenvalue weighted by Gasteiger charge is -2.31. The first-order valence-electron chi connectivity index (χ1n) is 10.8. The molecule has 35 heavy (non-hydrogen) atoms. The van der Waals surface area contributed by atoms with E-state index in [0.29, 0.717) is 22.6 Å². The summed E-state index contributed by atoms with van der Waals surface area (Å²) in [6, 6.07) is 11.8. The number of fused-ring (bicyclic) bond motifs is 1. The van der Waals surface area contributed by atoms with Crippen LogP contribution in [0.1, 0.15) is 19.4 Å². The van der Waals surface area contributed by atoms with Crippen molar-refractivity contribution < 1.29 is 17.9 Å². The predicted molar refractivity (Wildman–Crippen MR) is 137 cm³/mol. The van der Waals surface area contributed by atoms with E-state index in [2.05, 4.69) is 25.7 Å². The number of nitriles is 1. The van der Waals surface area contributed by atoms with E-state index >= 15 is 0 Å². The van der Waals surface area contributed by atoms with Crippen molar-refractivity contribution in [2.24, 2.45) is 0 Å². The number of nitrogens with one attached hydrogen (secondary N) is 1. The topological polar surface area (TPSA) is 130 Å². The Bertz CT molecular complexity index is 1330. The molecule has 4 rings (SSSR count). The molecular formula is C23H28N6O4S2. The van der Waals surface area contributed by atoms with Crippen molar-refractivity contribution in [2.45, 2.75) is 25.4 Å². The number of pyridine rings is 1. The van der Waals surface area contributed by atoms with Gasteiger partial charge in [0.05, 0.1) is 29.3 Å². The number of morpholine rings is 1. The number of aromatic nitrogens is 3. The molecule has 1 saturated heterocycles. The number of rotatable bonds is 7. The highest BCUT2D eigenvalue weighted by molar-refractivity contribution is 7.87. The highest BCUT2D eigenvalue weighted by atomic mass is 32.2. The monoisotopic (exact) mass is 516 g/mol. The minimum Gasteiger partial charge on any atom is -0.473 e. The Morgan fingerprint density at radius 2 is 1.97 bits per heavy atom. The van der Waals surface area contributed by atoms with Crippen LogP contribution in [0, 0.1) is 11.3 Å². The number of benzene rings is 1. The molecule has 0 spiro atoms. The molecule has 0 radical (unpaired) electrons. The van der Waals surface area contributed by atoms with Crippen LogP contribution >= 0.6 is 13.5 Å². The second kappa shape index (κ2) is 10.8. The summed E-state index contributed by atoms with van der Waals surface area (Å²) in [5.41, 5.74) is 2.93. The summed E-state index contributed by atoms with van der Waals surface area (Å²) in [6.07, 6.45) is 2.70. The van der Waals surface area contributed by atoms with Gasteiger partial charge < -0.3 is 9.47 Å². The highest BCUT2D eigenvalue weighted by Crippen LogP contribution is 2.29. The third-order valence-corrected chi connectivity index (χ3v) is 7.24. The van der Waals surface area contributed by atoms with E-state index in [9.17, 15) is 13.7 Å². The standard InChI is InChI=1S/C23H26N6O4S.H2S/c1-23(2,15-24)17-6-4-16(5-7-17)19-12-20-21(27-9-8-26-20)22(28-19)33-14-18-13-29(10-11-32-18)34(30,31)25-3;/h4-9,12,18,25H,10-11,13-14H2,1-3H3;1H2. The van der Waals surface area contributed by atoms with E-state index in [1.165, 1.54) is 11.4 Å². The third kappa shape index (κ3) is 5.88. The molecule has 1 atom stereocenters. The summed E-state index contributed by atoms with van der Waals surface area (Å²) < 4.78 is 39.6. The molecule has 0 bridgehead atoms. The molecule has 1 fully saturated rings. The van der Waals surface area contributed by atoms with Crippen LogP contribution in [0.25, 0.3) is 22.3 Å². The second-order valence-electron chi connectivity index (χ2n) is 8.42. The normalized spacial score (nSPS) is 16.9. The maximum atomic E-state index is 12.1. The van der Waals surface area contributed by atoms with Crippen molar-refractivity contribution in [1.82, 2.24) is 24.0 Å². The molecular weight excluding hydrogens is 488 g/mol. The Balaban J connectivity index is 0.00000342. The van der Waals surface area contributed by atoms with Gasteiger partial charge in [0, 0.05) is 38.1 Å². The minimum absolute atomic E-state index is 0. The van der Waals surface area contributed by atoms with Gasteiger partial charge in [0.1, 0.15) is 12.7 Å². The van der Waals surface area contributed by atoms with Crippen LogP contribution in [0.3, 0.4) is 0 Å². The fourth-order valence-electron chi connectivity index (χ4n) is 3.63. The third-order valence-electron chi connectivity index (χ3n) is 5.71. The number of hydrogen-bond acceptors (Lipinski definition) is 8. The zero-order valence-corrected chi connectivity index (χ0v) is 21.5. The Kier molecular flexibility index (Phi) is 8.30. The van der Waals surface area contributed by atoms with E-state index < -0.39 is 21.7 Å². The summed E-state index contributed by atoms with van der Waals surface area (Å²) in [5.74, 6) is 0.291. The molecule has 1 aromatic carbocycles. The lowest BCUT2D eigenvalue weighted by molar-refractivity contribution is -0.0256. The van der Waals surface area contributed by atoms with Crippen molar-refractivity contribution in [3.8, 4) is 23.2 Å². The Morgan fingerprint density at radius 3 is 2.66 bits per heavy atom. The van der Waals surface area contributed by atoms with Crippen LogP contribution < -0.4 is 9.46 Å². The quantitative estimate of drug-likeness (QED) is 0.506. The van der Waals surface area contributed by atoms with E-state index in [1.807, 2.05) is 44.2 Å². The lowest BCUT2D eigenvalue weighted by atomic mass is 9.86. The van der Waals surface area contributed by atoms with Crippen LogP contribution in [0.5, 0.6) is 5.88 Å². The maximum Gasteiger partial charge on any atom is 0.279 e. The molecule has 0 aliphatic carbocycles. The van der Waals surface area contributed by atoms with Gasteiger partial charge in [-0.3, -0.25) is 4.98 Å². The smallest absolute Gasteiger partial charge is 0.279 e. The van der Waals surface area contributed by atoms with E-state index in [-0.39, 0.29) is 39.8 Å². The molecule has 10 nitrogen and oxygen atoms in total. The van der Waals surface area contributed by atoms with Crippen molar-refractivity contribution >= 4 is 34.7 Å². The molecule has 0 saturated carbocycles. The first kappa shape index (κ1) is 26.8. The van der Waals surface area contributed by atoms with Gasteiger partial charge >= 0.3 is 0 Å². The Hall–Kier alpha value is -2.82. The van der Waals surface area contributed by atoms with Gasteiger partial charge in [-0.05, 0) is 25.5 Å². The molecule has 186 valence electrons. The van der Waals surface area contributed by atoms with Crippen LogP contribution in [0.2, 0.25) is 0 Å². The predicted octanol–water partition coefficient (Wildman–Crippen LogP) is 2.15. The van der Waals surface area contributed by atoms with Crippen molar-refractivity contribution in [2.75, 3.05) is 33.4 Å². The Morgan fingerprint density at radius 1 is 1.26 bits per heavy atom. The summed E-state index contributed by atoms with van der Waals surface area (Å²) in [6.45, 7) is 4.56. The average molecular weight is 517 g/mol. The second-order valence-corrected chi connectivity index (χ2v) is 10.3. The average Bonchev–Trinajstić information content (AvgIpc) is 2.87. The van der Waals surface area contributed by atoms with Crippen molar-refractivity contribution in [3.63, 3.8) is 0 Å². The highest BCUT2D eigenvalue weighted by Gasteiger charge is 2.29. The fourth-order valence-corrected chi connectivity index (χ4v) is 4.56. The van der Waals surface area contributed by atoms with Crippen molar-refractivity contribution in [1.29, 1.82) is 5.26 Å². The molecule has 1 N–H and O–H groups in total. The van der Waals surface area contributed by atoms with Gasteiger partial charge in [-0.15, -0.1) is 0 Å². The number of nitrogens with zero attached hydrogens (tertiary/aromatic N) is 5.